The van der Waals surface area contributed by atoms with Crippen molar-refractivity contribution >= 4 is 11.5 Å². The fourth-order valence-corrected chi connectivity index (χ4v) is 1.83. The van der Waals surface area contributed by atoms with Crippen LogP contribution < -0.4 is 11.1 Å². The molecule has 1 heterocycles. The van der Waals surface area contributed by atoms with Gasteiger partial charge >= 0.3 is 0 Å². The lowest BCUT2D eigenvalue weighted by molar-refractivity contribution is 0.614. The summed E-state index contributed by atoms with van der Waals surface area (Å²) in [6, 6.07) is 8.47. The van der Waals surface area contributed by atoms with Crippen molar-refractivity contribution in [1.29, 1.82) is 5.26 Å². The summed E-state index contributed by atoms with van der Waals surface area (Å²) >= 11 is 0. The molecule has 1 aromatic heterocycles. The molecule has 5 heteroatoms. The van der Waals surface area contributed by atoms with Crippen LogP contribution in [0.15, 0.2) is 30.5 Å². The Balaban J connectivity index is 2.21. The Labute approximate surface area is 117 Å². The molecule has 0 aliphatic carbocycles. The number of aryl methyl sites for hydroxylation is 1. The SMILES string of the molecule is Cc1ccc(C(C)Nc2ncc(C#N)cc2N)cc1F. The van der Waals surface area contributed by atoms with Crippen LogP contribution in [-0.2, 0) is 0 Å². The largest absolute Gasteiger partial charge is 0.396 e. The molecule has 2 rings (SSSR count). The van der Waals surface area contributed by atoms with Gasteiger partial charge in [0.2, 0.25) is 0 Å². The van der Waals surface area contributed by atoms with Crippen LogP contribution in [0.1, 0.15) is 29.7 Å². The minimum atomic E-state index is -0.239. The molecule has 0 bridgehead atoms. The number of nitrogens with one attached hydrogen (secondary N) is 1. The van der Waals surface area contributed by atoms with Gasteiger partial charge < -0.3 is 11.1 Å². The van der Waals surface area contributed by atoms with Gasteiger partial charge in [0.15, 0.2) is 0 Å². The molecular formula is C15H15FN4. The predicted molar refractivity (Wildman–Crippen MR) is 76.5 cm³/mol. The maximum atomic E-state index is 13.6. The Hall–Kier alpha value is -2.61. The van der Waals surface area contributed by atoms with E-state index in [1.54, 1.807) is 19.1 Å². The van der Waals surface area contributed by atoms with Gasteiger partial charge in [0.1, 0.15) is 17.7 Å². The second-order valence-electron chi connectivity index (χ2n) is 4.65. The summed E-state index contributed by atoms with van der Waals surface area (Å²) in [7, 11) is 0. The standard InChI is InChI=1S/C15H15FN4/c1-9-3-4-12(6-13(9)16)10(2)20-15-14(18)5-11(7-17)8-19-15/h3-6,8,10H,18H2,1-2H3,(H,19,20). The van der Waals surface area contributed by atoms with Crippen LogP contribution in [0, 0.1) is 24.1 Å². The molecule has 0 spiro atoms. The minimum Gasteiger partial charge on any atom is -0.396 e. The van der Waals surface area contributed by atoms with Crippen molar-refractivity contribution in [2.45, 2.75) is 19.9 Å². The monoisotopic (exact) mass is 270 g/mol. The van der Waals surface area contributed by atoms with Crippen molar-refractivity contribution in [3.8, 4) is 6.07 Å². The molecule has 0 aliphatic heterocycles. The van der Waals surface area contributed by atoms with Crippen molar-refractivity contribution in [3.63, 3.8) is 0 Å². The van der Waals surface area contributed by atoms with E-state index in [-0.39, 0.29) is 11.9 Å². The first kappa shape index (κ1) is 13.8. The summed E-state index contributed by atoms with van der Waals surface area (Å²) in [5, 5.41) is 11.9. The van der Waals surface area contributed by atoms with E-state index in [0.29, 0.717) is 22.6 Å². The van der Waals surface area contributed by atoms with Gasteiger partial charge in [0.25, 0.3) is 0 Å². The first-order valence-corrected chi connectivity index (χ1v) is 6.19. The Morgan fingerprint density at radius 2 is 2.15 bits per heavy atom. The fourth-order valence-electron chi connectivity index (χ4n) is 1.83. The highest BCUT2D eigenvalue weighted by molar-refractivity contribution is 5.63. The second-order valence-corrected chi connectivity index (χ2v) is 4.65. The molecule has 1 unspecified atom stereocenters. The molecule has 1 aromatic carbocycles. The van der Waals surface area contributed by atoms with Crippen LogP contribution in [0.4, 0.5) is 15.9 Å². The quantitative estimate of drug-likeness (QED) is 0.898. The van der Waals surface area contributed by atoms with Gasteiger partial charge in [0.05, 0.1) is 17.3 Å². The van der Waals surface area contributed by atoms with E-state index >= 15 is 0 Å². The van der Waals surface area contributed by atoms with E-state index in [2.05, 4.69) is 10.3 Å². The van der Waals surface area contributed by atoms with Crippen LogP contribution in [0.5, 0.6) is 0 Å². The van der Waals surface area contributed by atoms with E-state index in [0.717, 1.165) is 5.56 Å². The average Bonchev–Trinajstić information content (AvgIpc) is 2.43. The molecule has 4 nitrogen and oxygen atoms in total. The molecule has 2 aromatic rings. The van der Waals surface area contributed by atoms with Gasteiger partial charge in [-0.15, -0.1) is 0 Å². The van der Waals surface area contributed by atoms with E-state index in [4.69, 9.17) is 11.0 Å². The number of nitrogen functional groups attached to an aromatic ring is 1. The summed E-state index contributed by atoms with van der Waals surface area (Å²) < 4.78 is 13.6. The highest BCUT2D eigenvalue weighted by Gasteiger charge is 2.10. The average molecular weight is 270 g/mol. The molecule has 1 atom stereocenters. The summed E-state index contributed by atoms with van der Waals surface area (Å²) in [5.74, 6) is 0.245. The summed E-state index contributed by atoms with van der Waals surface area (Å²) in [4.78, 5) is 4.10. The summed E-state index contributed by atoms with van der Waals surface area (Å²) in [6.07, 6.45) is 1.45. The number of rotatable bonds is 3. The molecular weight excluding hydrogens is 255 g/mol. The molecule has 3 N–H and O–H groups in total. The van der Waals surface area contributed by atoms with Gasteiger partial charge in [-0.25, -0.2) is 9.37 Å². The number of nitriles is 1. The van der Waals surface area contributed by atoms with E-state index in [9.17, 15) is 4.39 Å². The number of aromatic nitrogens is 1. The summed E-state index contributed by atoms with van der Waals surface area (Å²) in [5.41, 5.74) is 8.04. The van der Waals surface area contributed by atoms with Crippen LogP contribution in [0.2, 0.25) is 0 Å². The lowest BCUT2D eigenvalue weighted by Gasteiger charge is -2.16. The van der Waals surface area contributed by atoms with Crippen LogP contribution in [-0.4, -0.2) is 4.98 Å². The van der Waals surface area contributed by atoms with Crippen LogP contribution in [0.25, 0.3) is 0 Å². The number of hydrogen-bond acceptors (Lipinski definition) is 4. The normalized spacial score (nSPS) is 11.7. The van der Waals surface area contributed by atoms with Crippen LogP contribution >= 0.6 is 0 Å². The van der Waals surface area contributed by atoms with Gasteiger partial charge in [0, 0.05) is 6.20 Å². The number of hydrogen-bond donors (Lipinski definition) is 2. The Morgan fingerprint density at radius 3 is 2.75 bits per heavy atom. The third-order valence-electron chi connectivity index (χ3n) is 3.10. The van der Waals surface area contributed by atoms with Gasteiger partial charge in [-0.05, 0) is 37.1 Å². The van der Waals surface area contributed by atoms with E-state index in [1.807, 2.05) is 19.1 Å². The smallest absolute Gasteiger partial charge is 0.149 e. The Bertz CT molecular complexity index is 676. The van der Waals surface area contributed by atoms with Crippen molar-refractivity contribution < 1.29 is 4.39 Å². The number of anilines is 2. The number of pyridine rings is 1. The highest BCUT2D eigenvalue weighted by atomic mass is 19.1. The minimum absolute atomic E-state index is 0.146. The first-order chi connectivity index (χ1) is 9.51. The zero-order chi connectivity index (χ0) is 14.7. The molecule has 0 saturated heterocycles. The lowest BCUT2D eigenvalue weighted by atomic mass is 10.1. The molecule has 20 heavy (non-hydrogen) atoms. The second kappa shape index (κ2) is 5.57. The van der Waals surface area contributed by atoms with Gasteiger partial charge in [-0.2, -0.15) is 5.26 Å². The third-order valence-corrected chi connectivity index (χ3v) is 3.10. The molecule has 102 valence electrons. The van der Waals surface area contributed by atoms with E-state index in [1.165, 1.54) is 12.3 Å². The Morgan fingerprint density at radius 1 is 1.40 bits per heavy atom. The molecule has 0 amide bonds. The summed E-state index contributed by atoms with van der Waals surface area (Å²) in [6.45, 7) is 3.61. The molecule has 0 fully saturated rings. The topological polar surface area (TPSA) is 74.7 Å². The van der Waals surface area contributed by atoms with Crippen molar-refractivity contribution in [3.05, 3.63) is 53.0 Å². The predicted octanol–water partition coefficient (Wildman–Crippen LogP) is 3.16. The van der Waals surface area contributed by atoms with Gasteiger partial charge in [-0.1, -0.05) is 12.1 Å². The van der Waals surface area contributed by atoms with E-state index < -0.39 is 0 Å². The third kappa shape index (κ3) is 2.86. The van der Waals surface area contributed by atoms with Crippen molar-refractivity contribution in [1.82, 2.24) is 4.98 Å². The Kier molecular flexibility index (Phi) is 3.85. The molecule has 0 radical (unpaired) electrons. The highest BCUT2D eigenvalue weighted by Crippen LogP contribution is 2.23. The van der Waals surface area contributed by atoms with Crippen molar-refractivity contribution in [2.24, 2.45) is 0 Å². The van der Waals surface area contributed by atoms with Gasteiger partial charge in [-0.3, -0.25) is 0 Å². The molecule has 0 aliphatic rings. The number of halogens is 1. The van der Waals surface area contributed by atoms with Crippen LogP contribution in [0.3, 0.4) is 0 Å². The zero-order valence-electron chi connectivity index (χ0n) is 11.3. The number of benzene rings is 1. The molecule has 0 saturated carbocycles. The fraction of sp³-hybridized carbons (Fsp3) is 0.200. The number of nitrogens with two attached hydrogens (primary N) is 1. The first-order valence-electron chi connectivity index (χ1n) is 6.19. The lowest BCUT2D eigenvalue weighted by Crippen LogP contribution is -2.10. The maximum absolute atomic E-state index is 13.6. The zero-order valence-corrected chi connectivity index (χ0v) is 11.3. The van der Waals surface area contributed by atoms with Crippen molar-refractivity contribution in [2.75, 3.05) is 11.1 Å². The number of nitrogens with zero attached hydrogens (tertiary/aromatic N) is 2. The maximum Gasteiger partial charge on any atom is 0.149 e.